The third kappa shape index (κ3) is 5.39. The Morgan fingerprint density at radius 3 is 2.51 bits per heavy atom. The van der Waals surface area contributed by atoms with Gasteiger partial charge >= 0.3 is 0 Å². The van der Waals surface area contributed by atoms with Crippen LogP contribution in [-0.4, -0.2) is 50.5 Å². The minimum Gasteiger partial charge on any atom is -0.343 e. The topological polar surface area (TPSA) is 80.1 Å². The minimum atomic E-state index is -1.31. The van der Waals surface area contributed by atoms with Crippen LogP contribution in [0.3, 0.4) is 0 Å². The molecule has 0 saturated carbocycles. The van der Waals surface area contributed by atoms with Crippen molar-refractivity contribution < 1.29 is 18.4 Å². The Hall–Kier alpha value is -3.62. The maximum Gasteiger partial charge on any atom is 0.243 e. The first kappa shape index (κ1) is 24.5. The number of alkyl halides is 1. The van der Waals surface area contributed by atoms with Crippen molar-refractivity contribution in [2.24, 2.45) is 7.05 Å². The number of nitrogens with zero attached hydrogens (tertiary/aromatic N) is 4. The lowest BCUT2D eigenvalue weighted by Crippen LogP contribution is -2.47. The Morgan fingerprint density at radius 1 is 1.14 bits per heavy atom. The smallest absolute Gasteiger partial charge is 0.243 e. The van der Waals surface area contributed by atoms with Gasteiger partial charge in [0.15, 0.2) is 0 Å². The van der Waals surface area contributed by atoms with Crippen molar-refractivity contribution >= 4 is 11.8 Å². The number of carbonyl (C=O) groups is 2. The predicted octanol–water partition coefficient (Wildman–Crippen LogP) is 3.46. The number of aromatic nitrogens is 3. The van der Waals surface area contributed by atoms with Crippen molar-refractivity contribution in [2.45, 2.75) is 50.9 Å². The fourth-order valence-corrected chi connectivity index (χ4v) is 4.47. The van der Waals surface area contributed by atoms with E-state index in [1.807, 2.05) is 44.2 Å². The number of hydrogen-bond acceptors (Lipinski definition) is 4. The minimum absolute atomic E-state index is 0.0167. The average Bonchev–Trinajstić information content (AvgIpc) is 3.42. The zero-order chi connectivity index (χ0) is 25.1. The molecule has 1 saturated heterocycles. The van der Waals surface area contributed by atoms with Gasteiger partial charge in [-0.1, -0.05) is 61.5 Å². The molecule has 1 aliphatic rings. The third-order valence-electron chi connectivity index (χ3n) is 6.41. The van der Waals surface area contributed by atoms with E-state index in [1.165, 1.54) is 21.8 Å². The molecule has 0 spiro atoms. The normalized spacial score (nSPS) is 18.6. The lowest BCUT2D eigenvalue weighted by molar-refractivity contribution is -0.138. The van der Waals surface area contributed by atoms with Crippen LogP contribution in [0.25, 0.3) is 0 Å². The fraction of sp³-hybridized carbons (Fsp3) is 0.385. The summed E-state index contributed by atoms with van der Waals surface area (Å²) in [5, 5.41) is 10.5. The van der Waals surface area contributed by atoms with Gasteiger partial charge in [0.1, 0.15) is 18.0 Å². The lowest BCUT2D eigenvalue weighted by atomic mass is 9.94. The van der Waals surface area contributed by atoms with Gasteiger partial charge in [0, 0.05) is 13.5 Å². The second-order valence-electron chi connectivity index (χ2n) is 9.21. The Morgan fingerprint density at radius 2 is 1.89 bits per heavy atom. The van der Waals surface area contributed by atoms with Crippen LogP contribution in [0.2, 0.25) is 0 Å². The molecule has 2 amide bonds. The van der Waals surface area contributed by atoms with Crippen molar-refractivity contribution in [1.29, 1.82) is 0 Å². The van der Waals surface area contributed by atoms with Crippen LogP contribution in [0.1, 0.15) is 54.6 Å². The van der Waals surface area contributed by atoms with Crippen LogP contribution < -0.4 is 5.32 Å². The maximum atomic E-state index is 14.8. The van der Waals surface area contributed by atoms with Crippen LogP contribution in [0.5, 0.6) is 0 Å². The zero-order valence-electron chi connectivity index (χ0n) is 20.0. The van der Waals surface area contributed by atoms with E-state index >= 15 is 0 Å². The number of amides is 2. The van der Waals surface area contributed by atoms with Crippen LogP contribution in [0.15, 0.2) is 54.7 Å². The van der Waals surface area contributed by atoms with Gasteiger partial charge in [-0.15, -0.1) is 5.10 Å². The van der Waals surface area contributed by atoms with Gasteiger partial charge in [0.05, 0.1) is 30.9 Å². The lowest BCUT2D eigenvalue weighted by Gasteiger charge is -2.27. The Bertz CT molecular complexity index is 1200. The molecule has 3 atom stereocenters. The summed E-state index contributed by atoms with van der Waals surface area (Å²) in [7, 11) is 1.66. The molecule has 9 heteroatoms. The van der Waals surface area contributed by atoms with E-state index in [-0.39, 0.29) is 37.0 Å². The molecule has 3 aromatic rings. The molecule has 1 aliphatic heterocycles. The third-order valence-corrected chi connectivity index (χ3v) is 6.41. The largest absolute Gasteiger partial charge is 0.343 e. The number of carbonyl (C=O) groups excluding carboxylic acids is 2. The molecule has 0 radical (unpaired) electrons. The Kier molecular flexibility index (Phi) is 7.23. The highest BCUT2D eigenvalue weighted by Crippen LogP contribution is 2.28. The molecule has 2 aromatic carbocycles. The van der Waals surface area contributed by atoms with E-state index in [9.17, 15) is 18.4 Å². The summed E-state index contributed by atoms with van der Waals surface area (Å²) >= 11 is 0. The second-order valence-corrected chi connectivity index (χ2v) is 9.21. The molecule has 1 aromatic heterocycles. The second kappa shape index (κ2) is 10.3. The first-order chi connectivity index (χ1) is 16.7. The molecule has 1 N–H and O–H groups in total. The van der Waals surface area contributed by atoms with Gasteiger partial charge in [-0.3, -0.25) is 14.3 Å². The van der Waals surface area contributed by atoms with Crippen molar-refractivity contribution in [3.8, 4) is 0 Å². The van der Waals surface area contributed by atoms with Gasteiger partial charge in [0.25, 0.3) is 0 Å². The Balaban J connectivity index is 1.59. The van der Waals surface area contributed by atoms with E-state index in [0.29, 0.717) is 16.8 Å². The van der Waals surface area contributed by atoms with Crippen LogP contribution in [-0.2, 0) is 23.1 Å². The summed E-state index contributed by atoms with van der Waals surface area (Å²) in [6.45, 7) is 3.67. The van der Waals surface area contributed by atoms with E-state index in [4.69, 9.17) is 0 Å². The summed E-state index contributed by atoms with van der Waals surface area (Å²) in [5.74, 6) is -1.19. The summed E-state index contributed by atoms with van der Waals surface area (Å²) in [6.07, 6.45) is 0.0294. The van der Waals surface area contributed by atoms with Crippen LogP contribution in [0, 0.1) is 5.82 Å². The summed E-state index contributed by atoms with van der Waals surface area (Å²) in [6, 6.07) is 12.5. The van der Waals surface area contributed by atoms with Gasteiger partial charge < -0.3 is 10.2 Å². The molecule has 0 bridgehead atoms. The zero-order valence-corrected chi connectivity index (χ0v) is 20.0. The number of benzene rings is 2. The molecule has 35 heavy (non-hydrogen) atoms. The highest BCUT2D eigenvalue weighted by atomic mass is 19.1. The molecule has 0 aliphatic carbocycles. The number of aryl methyl sites for hydroxylation is 1. The first-order valence-corrected chi connectivity index (χ1v) is 11.7. The standard InChI is InChI=1S/C26H29F2N5O2/c1-16(2)21-10-9-18(11-22(21)28)25(17-7-5-4-6-8-17)30-26(35)23-12-19(27)15-33(23)24(34)13-20-14-29-31-32(20)3/h4-11,14,16,19,23,25H,12-13,15H2,1-3H3,(H,30,35)/t19-,23+,25+/m1/s1. The number of rotatable bonds is 7. The molecular weight excluding hydrogens is 452 g/mol. The van der Waals surface area contributed by atoms with Gasteiger partial charge in [-0.2, -0.15) is 0 Å². The molecule has 1 fully saturated rings. The first-order valence-electron chi connectivity index (χ1n) is 11.7. The molecular formula is C26H29F2N5O2. The number of halogens is 2. The van der Waals surface area contributed by atoms with Crippen molar-refractivity contribution in [3.05, 3.63) is 82.9 Å². The monoisotopic (exact) mass is 481 g/mol. The maximum absolute atomic E-state index is 14.8. The molecule has 4 rings (SSSR count). The van der Waals surface area contributed by atoms with Gasteiger partial charge in [0.2, 0.25) is 11.8 Å². The van der Waals surface area contributed by atoms with Crippen LogP contribution >= 0.6 is 0 Å². The van der Waals surface area contributed by atoms with E-state index in [1.54, 1.807) is 19.2 Å². The van der Waals surface area contributed by atoms with Crippen molar-refractivity contribution in [3.63, 3.8) is 0 Å². The summed E-state index contributed by atoms with van der Waals surface area (Å²) in [5.41, 5.74) is 2.48. The van der Waals surface area contributed by atoms with E-state index in [0.717, 1.165) is 5.56 Å². The van der Waals surface area contributed by atoms with Gasteiger partial charge in [-0.25, -0.2) is 8.78 Å². The summed E-state index contributed by atoms with van der Waals surface area (Å²) < 4.78 is 30.7. The highest BCUT2D eigenvalue weighted by Gasteiger charge is 2.40. The molecule has 2 heterocycles. The summed E-state index contributed by atoms with van der Waals surface area (Å²) in [4.78, 5) is 27.6. The molecule has 0 unspecified atom stereocenters. The number of hydrogen-bond donors (Lipinski definition) is 1. The van der Waals surface area contributed by atoms with Crippen LogP contribution in [0.4, 0.5) is 8.78 Å². The van der Waals surface area contributed by atoms with Crippen molar-refractivity contribution in [1.82, 2.24) is 25.2 Å². The van der Waals surface area contributed by atoms with Crippen molar-refractivity contribution in [2.75, 3.05) is 6.54 Å². The Labute approximate surface area is 203 Å². The molecule has 7 nitrogen and oxygen atoms in total. The van der Waals surface area contributed by atoms with Gasteiger partial charge in [-0.05, 0) is 28.7 Å². The predicted molar refractivity (Wildman–Crippen MR) is 127 cm³/mol. The molecule has 184 valence electrons. The SMILES string of the molecule is CC(C)c1ccc([C@@H](NC(=O)[C@@H]2C[C@@H](F)CN2C(=O)Cc2cnnn2C)c2ccccc2)cc1F. The van der Waals surface area contributed by atoms with E-state index < -0.39 is 24.2 Å². The fourth-order valence-electron chi connectivity index (χ4n) is 4.47. The quantitative estimate of drug-likeness (QED) is 0.561. The number of likely N-dealkylation sites (tertiary alicyclic amines) is 1. The van der Waals surface area contributed by atoms with E-state index in [2.05, 4.69) is 15.6 Å². The average molecular weight is 482 g/mol. The highest BCUT2D eigenvalue weighted by molar-refractivity contribution is 5.89. The number of nitrogens with one attached hydrogen (secondary N) is 1.